The van der Waals surface area contributed by atoms with Gasteiger partial charge in [0, 0.05) is 5.41 Å². The van der Waals surface area contributed by atoms with Gasteiger partial charge in [-0.1, -0.05) is 132 Å². The molecular formula is C24H58. The molecule has 0 saturated heterocycles. The predicted molar refractivity (Wildman–Crippen MR) is 123 cm³/mol. The van der Waals surface area contributed by atoms with Crippen molar-refractivity contribution >= 4 is 0 Å². The predicted octanol–water partition coefficient (Wildman–Crippen LogP) is 9.89. The lowest BCUT2D eigenvalue weighted by molar-refractivity contribution is -0.113. The summed E-state index contributed by atoms with van der Waals surface area (Å²) >= 11 is 0. The van der Waals surface area contributed by atoms with E-state index in [2.05, 4.69) is 81.4 Å². The van der Waals surface area contributed by atoms with E-state index in [1.54, 1.807) is 0 Å². The van der Waals surface area contributed by atoms with Crippen LogP contribution in [0, 0.1) is 27.1 Å². The fourth-order valence-electron chi connectivity index (χ4n) is 4.76. The van der Waals surface area contributed by atoms with Crippen LogP contribution in [-0.2, 0) is 0 Å². The van der Waals surface area contributed by atoms with Crippen LogP contribution in [0.3, 0.4) is 0 Å². The molecule has 0 N–H and O–H groups in total. The van der Waals surface area contributed by atoms with E-state index in [0.717, 1.165) is 0 Å². The first-order valence-electron chi connectivity index (χ1n) is 7.91. The summed E-state index contributed by atoms with van der Waals surface area (Å²) in [6, 6.07) is 0. The standard InChI is InChI=1S/C17H32.C2H6.5CH4/c1-13(2,3)17(14(4,5)6)12-11-15(7,8)16(17,9)10;1-2;;;;;/h11-12H,1-10H3;1-2H3;5*1H4. The van der Waals surface area contributed by atoms with Gasteiger partial charge in [-0.25, -0.2) is 0 Å². The van der Waals surface area contributed by atoms with Crippen LogP contribution in [0.15, 0.2) is 12.2 Å². The average Bonchev–Trinajstić information content (AvgIpc) is 2.35. The second-order valence-corrected chi connectivity index (χ2v) is 8.99. The van der Waals surface area contributed by atoms with Gasteiger partial charge in [0.25, 0.3) is 0 Å². The summed E-state index contributed by atoms with van der Waals surface area (Å²) in [6.45, 7) is 28.0. The molecule has 0 radical (unpaired) electrons. The number of allylic oxidation sites excluding steroid dienone is 2. The number of hydrogen-bond donors (Lipinski definition) is 0. The van der Waals surface area contributed by atoms with Crippen molar-refractivity contribution in [2.75, 3.05) is 0 Å². The Morgan fingerprint density at radius 2 is 0.792 bits per heavy atom. The minimum Gasteiger partial charge on any atom is -0.0817 e. The summed E-state index contributed by atoms with van der Waals surface area (Å²) in [5, 5.41) is 0. The van der Waals surface area contributed by atoms with Crippen molar-refractivity contribution in [3.8, 4) is 0 Å². The van der Waals surface area contributed by atoms with Crippen LogP contribution in [0.25, 0.3) is 0 Å². The Kier molecular flexibility index (Phi) is 17.3. The number of rotatable bonds is 0. The van der Waals surface area contributed by atoms with Gasteiger partial charge in [-0.3, -0.25) is 0 Å². The minimum absolute atomic E-state index is 0. The van der Waals surface area contributed by atoms with Gasteiger partial charge in [0.05, 0.1) is 0 Å². The molecule has 0 unspecified atom stereocenters. The fourth-order valence-corrected chi connectivity index (χ4v) is 4.76. The summed E-state index contributed by atoms with van der Waals surface area (Å²) in [5.41, 5.74) is 1.26. The van der Waals surface area contributed by atoms with Crippen LogP contribution in [-0.4, -0.2) is 0 Å². The summed E-state index contributed by atoms with van der Waals surface area (Å²) < 4.78 is 0. The van der Waals surface area contributed by atoms with Gasteiger partial charge in [-0.15, -0.1) is 0 Å². The molecule has 0 saturated carbocycles. The smallest absolute Gasteiger partial charge is 0.00380 e. The fraction of sp³-hybridized carbons (Fsp3) is 0.917. The molecule has 0 nitrogen and oxygen atoms in total. The first kappa shape index (κ1) is 39.0. The molecule has 0 aromatic rings. The Morgan fingerprint density at radius 3 is 0.875 bits per heavy atom. The maximum absolute atomic E-state index is 2.52. The van der Waals surface area contributed by atoms with Gasteiger partial charge in [0.2, 0.25) is 0 Å². The molecule has 154 valence electrons. The molecule has 0 heteroatoms. The Labute approximate surface area is 159 Å². The topological polar surface area (TPSA) is 0 Å². The molecule has 0 spiro atoms. The van der Waals surface area contributed by atoms with Gasteiger partial charge in [-0.2, -0.15) is 0 Å². The van der Waals surface area contributed by atoms with Crippen molar-refractivity contribution in [3.63, 3.8) is 0 Å². The second kappa shape index (κ2) is 10.7. The van der Waals surface area contributed by atoms with E-state index in [0.29, 0.717) is 0 Å². The van der Waals surface area contributed by atoms with Crippen LogP contribution >= 0.6 is 0 Å². The van der Waals surface area contributed by atoms with E-state index in [9.17, 15) is 0 Å². The highest BCUT2D eigenvalue weighted by Gasteiger charge is 2.64. The Morgan fingerprint density at radius 1 is 0.542 bits per heavy atom. The van der Waals surface area contributed by atoms with Gasteiger partial charge in [-0.05, 0) is 21.7 Å². The first-order chi connectivity index (χ1) is 8.21. The summed E-state index contributed by atoms with van der Waals surface area (Å²) in [6.07, 6.45) is 4.97. The molecule has 24 heavy (non-hydrogen) atoms. The molecule has 0 atom stereocenters. The first-order valence-corrected chi connectivity index (χ1v) is 7.91. The lowest BCUT2D eigenvalue weighted by atomic mass is 9.42. The summed E-state index contributed by atoms with van der Waals surface area (Å²) in [7, 11) is 0. The molecule has 0 aromatic carbocycles. The Hall–Kier alpha value is -0.260. The van der Waals surface area contributed by atoms with E-state index in [1.807, 2.05) is 13.8 Å². The van der Waals surface area contributed by atoms with Gasteiger partial charge < -0.3 is 0 Å². The summed E-state index contributed by atoms with van der Waals surface area (Å²) in [4.78, 5) is 0. The van der Waals surface area contributed by atoms with E-state index in [4.69, 9.17) is 0 Å². The van der Waals surface area contributed by atoms with E-state index in [1.165, 1.54) is 0 Å². The second-order valence-electron chi connectivity index (χ2n) is 8.99. The van der Waals surface area contributed by atoms with Crippen molar-refractivity contribution in [2.24, 2.45) is 27.1 Å². The zero-order chi connectivity index (χ0) is 15.9. The van der Waals surface area contributed by atoms with Crippen LogP contribution in [0.5, 0.6) is 0 Å². The van der Waals surface area contributed by atoms with Crippen molar-refractivity contribution in [3.05, 3.63) is 12.2 Å². The maximum Gasteiger partial charge on any atom is 0.00380 e. The van der Waals surface area contributed by atoms with Crippen molar-refractivity contribution < 1.29 is 0 Å². The highest BCUT2D eigenvalue weighted by atomic mass is 14.7. The highest BCUT2D eigenvalue weighted by Crippen LogP contribution is 2.70. The lowest BCUT2D eigenvalue weighted by Gasteiger charge is -2.61. The molecule has 0 heterocycles. The quantitative estimate of drug-likeness (QED) is 0.383. The maximum atomic E-state index is 2.52. The van der Waals surface area contributed by atoms with Crippen LogP contribution < -0.4 is 0 Å². The summed E-state index contributed by atoms with van der Waals surface area (Å²) in [5.74, 6) is 0. The van der Waals surface area contributed by atoms with Gasteiger partial charge in [0.1, 0.15) is 0 Å². The van der Waals surface area contributed by atoms with Crippen molar-refractivity contribution in [2.45, 2.75) is 120 Å². The Bertz CT molecular complexity index is 312. The van der Waals surface area contributed by atoms with E-state index < -0.39 is 0 Å². The molecule has 0 aromatic heterocycles. The molecule has 0 bridgehead atoms. The third kappa shape index (κ3) is 5.12. The van der Waals surface area contributed by atoms with E-state index >= 15 is 0 Å². The largest absolute Gasteiger partial charge is 0.0817 e. The lowest BCUT2D eigenvalue weighted by Crippen LogP contribution is -2.56. The molecule has 0 amide bonds. The normalized spacial score (nSPS) is 18.8. The molecule has 1 rings (SSSR count). The van der Waals surface area contributed by atoms with E-state index in [-0.39, 0.29) is 64.2 Å². The minimum atomic E-state index is 0. The van der Waals surface area contributed by atoms with Crippen LogP contribution in [0.4, 0.5) is 0 Å². The highest BCUT2D eigenvalue weighted by molar-refractivity contribution is 5.29. The average molecular weight is 347 g/mol. The van der Waals surface area contributed by atoms with Crippen LogP contribution in [0.2, 0.25) is 0 Å². The SMILES string of the molecule is C.C.C.C.C.CC.CC(C)(C)C1(C(C)(C)C)C=CC(C)(C)C1(C)C. The van der Waals surface area contributed by atoms with Crippen molar-refractivity contribution in [1.82, 2.24) is 0 Å². The zero-order valence-electron chi connectivity index (χ0n) is 15.7. The third-order valence-corrected chi connectivity index (χ3v) is 5.71. The van der Waals surface area contributed by atoms with Crippen molar-refractivity contribution in [1.29, 1.82) is 0 Å². The number of hydrogen-bond acceptors (Lipinski definition) is 0. The van der Waals surface area contributed by atoms with Gasteiger partial charge >= 0.3 is 0 Å². The monoisotopic (exact) mass is 346 g/mol. The third-order valence-electron chi connectivity index (χ3n) is 5.71. The zero-order valence-corrected chi connectivity index (χ0v) is 15.7. The molecular weight excluding hydrogens is 288 g/mol. The molecule has 0 aliphatic heterocycles. The van der Waals surface area contributed by atoms with Crippen LogP contribution in [0.1, 0.15) is 120 Å². The molecule has 1 aliphatic carbocycles. The Balaban J connectivity index is -0.000000111. The molecule has 0 fully saturated rings. The molecule has 1 aliphatic rings. The van der Waals surface area contributed by atoms with Gasteiger partial charge in [0.15, 0.2) is 0 Å².